The Morgan fingerprint density at radius 3 is 0.400 bits per heavy atom. The van der Waals surface area contributed by atoms with Crippen molar-refractivity contribution in [3.8, 4) is 0 Å². The lowest BCUT2D eigenvalue weighted by Gasteiger charge is -2.28. The zero-order valence-corrected chi connectivity index (χ0v) is 41.8. The molecule has 0 atom stereocenters. The van der Waals surface area contributed by atoms with E-state index in [2.05, 4.69) is 199 Å². The first-order valence-electron chi connectivity index (χ1n) is 23.1. The second-order valence-electron chi connectivity index (χ2n) is 24.2. The Bertz CT molecular complexity index is 1920. The van der Waals surface area contributed by atoms with E-state index in [9.17, 15) is 0 Å². The van der Waals surface area contributed by atoms with E-state index in [1.807, 2.05) is 0 Å². The van der Waals surface area contributed by atoms with Gasteiger partial charge in [-0.05, 0) is 205 Å². The van der Waals surface area contributed by atoms with E-state index in [4.69, 9.17) is 0 Å². The highest BCUT2D eigenvalue weighted by molar-refractivity contribution is 5.55. The maximum absolute atomic E-state index is 2.55. The molecule has 320 valence electrons. The predicted molar refractivity (Wildman–Crippen MR) is 263 cm³/mol. The van der Waals surface area contributed by atoms with Crippen LogP contribution < -0.4 is 0 Å². The first-order chi connectivity index (χ1) is 27.4. The fourth-order valence-electron chi connectivity index (χ4n) is 9.23. The van der Waals surface area contributed by atoms with Crippen molar-refractivity contribution in [3.63, 3.8) is 0 Å². The van der Waals surface area contributed by atoms with E-state index < -0.39 is 0 Å². The molecule has 5 aromatic rings. The lowest BCUT2D eigenvalue weighted by molar-refractivity contribution is 0.587. The summed E-state index contributed by atoms with van der Waals surface area (Å²) in [7, 11) is 0. The minimum absolute atomic E-state index is 0.0342. The summed E-state index contributed by atoms with van der Waals surface area (Å²) in [6, 6.07) is 25.5. The van der Waals surface area contributed by atoms with Gasteiger partial charge in [0.05, 0.1) is 0 Å². The summed E-state index contributed by atoms with van der Waals surface area (Å²) in [4.78, 5) is 0. The second-order valence-corrected chi connectivity index (χ2v) is 24.2. The van der Waals surface area contributed by atoms with Crippen LogP contribution in [0.1, 0.15) is 215 Å². The van der Waals surface area contributed by atoms with Gasteiger partial charge in [0, 0.05) is 0 Å². The normalized spacial score (nSPS) is 14.3. The minimum Gasteiger partial charge on any atom is -0.0561 e. The largest absolute Gasteiger partial charge is 0.0561 e. The molecule has 0 aromatic heterocycles. The molecule has 0 unspecified atom stereocenters. The zero-order chi connectivity index (χ0) is 44.7. The minimum atomic E-state index is 0.0342. The van der Waals surface area contributed by atoms with Gasteiger partial charge >= 0.3 is 0 Å². The van der Waals surface area contributed by atoms with Crippen LogP contribution in [0.2, 0.25) is 0 Å². The van der Waals surface area contributed by atoms with Crippen LogP contribution in [0, 0.1) is 34.6 Å². The summed E-state index contributed by atoms with van der Waals surface area (Å²) < 4.78 is 0. The van der Waals surface area contributed by atoms with E-state index in [0.717, 1.165) is 32.1 Å². The first kappa shape index (κ1) is 45.6. The van der Waals surface area contributed by atoms with Gasteiger partial charge in [-0.2, -0.15) is 0 Å². The Labute approximate surface area is 368 Å². The van der Waals surface area contributed by atoms with Crippen LogP contribution in [0.15, 0.2) is 60.7 Å². The van der Waals surface area contributed by atoms with E-state index in [1.54, 1.807) is 0 Å². The van der Waals surface area contributed by atoms with E-state index in [1.165, 1.54) is 111 Å². The van der Waals surface area contributed by atoms with Crippen LogP contribution in [-0.2, 0) is 59.2 Å². The van der Waals surface area contributed by atoms with Crippen molar-refractivity contribution in [1.82, 2.24) is 0 Å². The number of fused-ring (bicyclic) bond motifs is 10. The Kier molecular flexibility index (Phi) is 12.0. The topological polar surface area (TPSA) is 0 Å². The molecule has 0 saturated carbocycles. The highest BCUT2D eigenvalue weighted by Gasteiger charge is 2.26. The van der Waals surface area contributed by atoms with Gasteiger partial charge in [0.15, 0.2) is 0 Å². The van der Waals surface area contributed by atoms with E-state index in [-0.39, 0.29) is 27.1 Å². The summed E-state index contributed by atoms with van der Waals surface area (Å²) in [6.07, 6.45) is 4.69. The SMILES string of the molecule is Cc1c2cc(C(C)(C)C)cc1Cc1cc(C(C)(C)C)cc(c1C)Cc1cc(C(C)(C)C)cc(c1C)Cc1cc(C(C)(C)C)cc(c1C)Cc1cc(C(C)(C)C)cc(c1C)C2. The monoisotopic (exact) mass is 801 g/mol. The Morgan fingerprint density at radius 2 is 0.317 bits per heavy atom. The van der Waals surface area contributed by atoms with Crippen LogP contribution in [0.25, 0.3) is 0 Å². The molecule has 1 aliphatic rings. The van der Waals surface area contributed by atoms with Crippen molar-refractivity contribution >= 4 is 0 Å². The third-order valence-electron chi connectivity index (χ3n) is 14.3. The molecule has 5 aromatic carbocycles. The summed E-state index contributed by atoms with van der Waals surface area (Å²) >= 11 is 0. The molecule has 0 fully saturated rings. The fraction of sp³-hybridized carbons (Fsp3) is 0.500. The smallest absolute Gasteiger partial charge is 0.00201 e. The summed E-state index contributed by atoms with van der Waals surface area (Å²) in [5.74, 6) is 0. The molecule has 60 heavy (non-hydrogen) atoms. The summed E-state index contributed by atoms with van der Waals surface area (Å²) in [5, 5.41) is 0. The number of hydrogen-bond donors (Lipinski definition) is 0. The molecule has 0 heterocycles. The third kappa shape index (κ3) is 9.59. The van der Waals surface area contributed by atoms with Crippen LogP contribution >= 0.6 is 0 Å². The van der Waals surface area contributed by atoms with Gasteiger partial charge in [0.2, 0.25) is 0 Å². The summed E-state index contributed by atoms with van der Waals surface area (Å²) in [6.45, 7) is 47.8. The number of benzene rings is 5. The molecule has 0 N–H and O–H groups in total. The number of rotatable bonds is 0. The van der Waals surface area contributed by atoms with Crippen LogP contribution in [0.5, 0.6) is 0 Å². The highest BCUT2D eigenvalue weighted by Crippen LogP contribution is 2.38. The molecule has 0 nitrogen and oxygen atoms in total. The quantitative estimate of drug-likeness (QED) is 0.144. The lowest BCUT2D eigenvalue weighted by Crippen LogP contribution is -2.17. The standard InChI is InChI=1S/C60H80/c1-36-41-21-43-28-52(57(9,10)11)30-45(37(43)2)23-47-32-54(59(15,16)17)34-49(39(47)4)25-50-35-55(60(18,19)20)33-48(40(50)5)24-46-31-53(58(12,13)14)29-44(38(46)3)22-42(36)27-51(26-41)56(6,7)8/h26-35H,21-25H2,1-20H3. The van der Waals surface area contributed by atoms with Gasteiger partial charge in [0.1, 0.15) is 0 Å². The maximum Gasteiger partial charge on any atom is -0.00201 e. The van der Waals surface area contributed by atoms with Gasteiger partial charge in [-0.15, -0.1) is 0 Å². The molecule has 0 heteroatoms. The molecular weight excluding hydrogens is 721 g/mol. The van der Waals surface area contributed by atoms with Crippen molar-refractivity contribution in [1.29, 1.82) is 0 Å². The van der Waals surface area contributed by atoms with E-state index >= 15 is 0 Å². The van der Waals surface area contributed by atoms with Gasteiger partial charge in [-0.1, -0.05) is 165 Å². The van der Waals surface area contributed by atoms with Crippen LogP contribution in [-0.4, -0.2) is 0 Å². The van der Waals surface area contributed by atoms with Crippen LogP contribution in [0.3, 0.4) is 0 Å². The molecule has 0 saturated heterocycles. The average Bonchev–Trinajstić information content (AvgIpc) is 3.09. The molecule has 0 aliphatic heterocycles. The average molecular weight is 801 g/mol. The third-order valence-corrected chi connectivity index (χ3v) is 14.3. The Hall–Kier alpha value is -3.90. The van der Waals surface area contributed by atoms with Gasteiger partial charge in [-0.25, -0.2) is 0 Å². The molecular formula is C60H80. The summed E-state index contributed by atoms with van der Waals surface area (Å²) in [5.41, 5.74) is 29.2. The molecule has 10 bridgehead atoms. The van der Waals surface area contributed by atoms with Crippen molar-refractivity contribution in [3.05, 3.63) is 172 Å². The van der Waals surface area contributed by atoms with Crippen molar-refractivity contribution in [2.24, 2.45) is 0 Å². The fourth-order valence-corrected chi connectivity index (χ4v) is 9.23. The molecule has 0 amide bonds. The predicted octanol–water partition coefficient (Wildman–Crippen LogP) is 16.0. The van der Waals surface area contributed by atoms with Gasteiger partial charge in [-0.3, -0.25) is 0 Å². The lowest BCUT2D eigenvalue weighted by atomic mass is 9.77. The second kappa shape index (κ2) is 15.8. The van der Waals surface area contributed by atoms with Crippen LogP contribution in [0.4, 0.5) is 0 Å². The zero-order valence-electron chi connectivity index (χ0n) is 41.8. The molecule has 0 radical (unpaired) electrons. The number of hydrogen-bond acceptors (Lipinski definition) is 0. The first-order valence-corrected chi connectivity index (χ1v) is 23.1. The Morgan fingerprint density at radius 1 is 0.217 bits per heavy atom. The molecule has 6 rings (SSSR count). The highest BCUT2D eigenvalue weighted by atomic mass is 14.3. The maximum atomic E-state index is 2.55. The van der Waals surface area contributed by atoms with Gasteiger partial charge < -0.3 is 0 Å². The van der Waals surface area contributed by atoms with Crippen molar-refractivity contribution in [2.75, 3.05) is 0 Å². The van der Waals surface area contributed by atoms with E-state index in [0.29, 0.717) is 0 Å². The van der Waals surface area contributed by atoms with Crippen molar-refractivity contribution in [2.45, 2.75) is 198 Å². The Balaban J connectivity index is 1.74. The van der Waals surface area contributed by atoms with Crippen molar-refractivity contribution < 1.29 is 0 Å². The molecule has 1 aliphatic carbocycles. The van der Waals surface area contributed by atoms with Gasteiger partial charge in [0.25, 0.3) is 0 Å². The molecule has 0 spiro atoms.